The van der Waals surface area contributed by atoms with Gasteiger partial charge in [-0.25, -0.2) is 0 Å². The fourth-order valence-corrected chi connectivity index (χ4v) is 2.69. The van der Waals surface area contributed by atoms with Gasteiger partial charge in [0.2, 0.25) is 11.8 Å². The average molecular weight is 381 g/mol. The van der Waals surface area contributed by atoms with Crippen molar-refractivity contribution >= 4 is 23.4 Å². The molecule has 2 N–H and O–H groups in total. The summed E-state index contributed by atoms with van der Waals surface area (Å²) in [6.45, 7) is 7.27. The van der Waals surface area contributed by atoms with Crippen LogP contribution in [0.1, 0.15) is 35.3 Å². The standard InChI is InChI=1S/C22H27N3O3/c1-15(2)25(22(28)19-8-6-5-7-17(19)4)14-21(27)23-13-20(26)24-18-11-9-16(3)10-12-18/h5-12,15H,13-14H2,1-4H3,(H,23,27)(H,24,26). The topological polar surface area (TPSA) is 78.5 Å². The highest BCUT2D eigenvalue weighted by molar-refractivity contribution is 5.99. The van der Waals surface area contributed by atoms with Gasteiger partial charge in [-0.3, -0.25) is 14.4 Å². The molecular weight excluding hydrogens is 354 g/mol. The number of hydrogen-bond donors (Lipinski definition) is 2. The lowest BCUT2D eigenvalue weighted by molar-refractivity contribution is -0.124. The summed E-state index contributed by atoms with van der Waals surface area (Å²) in [7, 11) is 0. The van der Waals surface area contributed by atoms with Gasteiger partial charge in [0, 0.05) is 17.3 Å². The molecular formula is C22H27N3O3. The highest BCUT2D eigenvalue weighted by atomic mass is 16.2. The molecule has 2 aromatic carbocycles. The van der Waals surface area contributed by atoms with Gasteiger partial charge in [-0.2, -0.15) is 0 Å². The van der Waals surface area contributed by atoms with E-state index in [9.17, 15) is 14.4 Å². The summed E-state index contributed by atoms with van der Waals surface area (Å²) in [6.07, 6.45) is 0. The van der Waals surface area contributed by atoms with Gasteiger partial charge < -0.3 is 15.5 Å². The molecule has 0 saturated carbocycles. The number of rotatable bonds is 7. The molecule has 0 spiro atoms. The first-order chi connectivity index (χ1) is 13.3. The molecule has 0 aliphatic rings. The van der Waals surface area contributed by atoms with Crippen molar-refractivity contribution in [1.29, 1.82) is 0 Å². The van der Waals surface area contributed by atoms with Crippen molar-refractivity contribution in [3.05, 3.63) is 65.2 Å². The second kappa shape index (κ2) is 9.69. The molecule has 0 aliphatic carbocycles. The lowest BCUT2D eigenvalue weighted by atomic mass is 10.1. The Bertz CT molecular complexity index is 844. The van der Waals surface area contributed by atoms with Crippen LogP contribution in [0.15, 0.2) is 48.5 Å². The number of nitrogens with one attached hydrogen (secondary N) is 2. The van der Waals surface area contributed by atoms with E-state index in [1.54, 1.807) is 24.3 Å². The molecule has 6 heteroatoms. The Labute approximate surface area is 165 Å². The number of hydrogen-bond acceptors (Lipinski definition) is 3. The zero-order chi connectivity index (χ0) is 20.7. The third kappa shape index (κ3) is 5.94. The number of carbonyl (C=O) groups excluding carboxylic acids is 3. The number of nitrogens with zero attached hydrogens (tertiary/aromatic N) is 1. The Morgan fingerprint density at radius 2 is 1.57 bits per heavy atom. The predicted octanol–water partition coefficient (Wildman–Crippen LogP) is 2.91. The van der Waals surface area contributed by atoms with Crippen LogP contribution in [0.25, 0.3) is 0 Å². The highest BCUT2D eigenvalue weighted by Gasteiger charge is 2.22. The highest BCUT2D eigenvalue weighted by Crippen LogP contribution is 2.13. The van der Waals surface area contributed by atoms with Crippen molar-refractivity contribution in [2.45, 2.75) is 33.7 Å². The fourth-order valence-electron chi connectivity index (χ4n) is 2.69. The molecule has 3 amide bonds. The van der Waals surface area contributed by atoms with Crippen molar-refractivity contribution in [2.75, 3.05) is 18.4 Å². The van der Waals surface area contributed by atoms with Gasteiger partial charge in [0.05, 0.1) is 6.54 Å². The summed E-state index contributed by atoms with van der Waals surface area (Å²) < 4.78 is 0. The minimum absolute atomic E-state index is 0.108. The van der Waals surface area contributed by atoms with E-state index in [1.807, 2.05) is 52.0 Å². The molecule has 0 radical (unpaired) electrons. The van der Waals surface area contributed by atoms with Gasteiger partial charge in [0.25, 0.3) is 5.91 Å². The summed E-state index contributed by atoms with van der Waals surface area (Å²) in [4.78, 5) is 38.6. The van der Waals surface area contributed by atoms with Crippen LogP contribution in [0.3, 0.4) is 0 Å². The third-order valence-corrected chi connectivity index (χ3v) is 4.36. The van der Waals surface area contributed by atoms with Crippen molar-refractivity contribution in [2.24, 2.45) is 0 Å². The molecule has 0 fully saturated rings. The maximum atomic E-state index is 12.8. The first-order valence-electron chi connectivity index (χ1n) is 9.27. The van der Waals surface area contributed by atoms with Gasteiger partial charge in [-0.1, -0.05) is 35.9 Å². The van der Waals surface area contributed by atoms with E-state index in [1.165, 1.54) is 4.90 Å². The number of carbonyl (C=O) groups is 3. The fraction of sp³-hybridized carbons (Fsp3) is 0.318. The van der Waals surface area contributed by atoms with Gasteiger partial charge in [0.1, 0.15) is 6.54 Å². The van der Waals surface area contributed by atoms with Crippen LogP contribution in [-0.4, -0.2) is 41.8 Å². The summed E-state index contributed by atoms with van der Waals surface area (Å²) in [5.41, 5.74) is 3.19. The van der Waals surface area contributed by atoms with E-state index in [4.69, 9.17) is 0 Å². The quantitative estimate of drug-likeness (QED) is 0.774. The van der Waals surface area contributed by atoms with Crippen molar-refractivity contribution in [3.8, 4) is 0 Å². The van der Waals surface area contributed by atoms with Crippen LogP contribution in [0, 0.1) is 13.8 Å². The van der Waals surface area contributed by atoms with Crippen LogP contribution in [0.2, 0.25) is 0 Å². The first kappa shape index (κ1) is 21.2. The number of benzene rings is 2. The SMILES string of the molecule is Cc1ccc(NC(=O)CNC(=O)CN(C(=O)c2ccccc2C)C(C)C)cc1. The summed E-state index contributed by atoms with van der Waals surface area (Å²) in [5, 5.41) is 5.30. The molecule has 0 saturated heterocycles. The molecule has 0 atom stereocenters. The van der Waals surface area contributed by atoms with E-state index in [2.05, 4.69) is 10.6 Å². The number of anilines is 1. The zero-order valence-corrected chi connectivity index (χ0v) is 16.8. The lowest BCUT2D eigenvalue weighted by Crippen LogP contribution is -2.45. The molecule has 2 aromatic rings. The normalized spacial score (nSPS) is 10.5. The number of aryl methyl sites for hydroxylation is 2. The maximum Gasteiger partial charge on any atom is 0.254 e. The van der Waals surface area contributed by atoms with E-state index >= 15 is 0 Å². The third-order valence-electron chi connectivity index (χ3n) is 4.36. The second-order valence-electron chi connectivity index (χ2n) is 7.03. The average Bonchev–Trinajstić information content (AvgIpc) is 2.66. The minimum Gasteiger partial charge on any atom is -0.345 e. The van der Waals surface area contributed by atoms with Crippen LogP contribution in [0.4, 0.5) is 5.69 Å². The Morgan fingerprint density at radius 1 is 0.929 bits per heavy atom. The largest absolute Gasteiger partial charge is 0.345 e. The zero-order valence-electron chi connectivity index (χ0n) is 16.8. The lowest BCUT2D eigenvalue weighted by Gasteiger charge is -2.26. The molecule has 0 aliphatic heterocycles. The number of amides is 3. The maximum absolute atomic E-state index is 12.8. The van der Waals surface area contributed by atoms with Gasteiger partial charge in [-0.05, 0) is 51.5 Å². The summed E-state index contributed by atoms with van der Waals surface area (Å²) in [5.74, 6) is -0.902. The van der Waals surface area contributed by atoms with Crippen molar-refractivity contribution in [1.82, 2.24) is 10.2 Å². The molecule has 148 valence electrons. The Kier molecular flexibility index (Phi) is 7.32. The Balaban J connectivity index is 1.91. The molecule has 6 nitrogen and oxygen atoms in total. The molecule has 0 bridgehead atoms. The Hall–Kier alpha value is -3.15. The monoisotopic (exact) mass is 381 g/mol. The molecule has 0 aromatic heterocycles. The molecule has 28 heavy (non-hydrogen) atoms. The first-order valence-corrected chi connectivity index (χ1v) is 9.27. The summed E-state index contributed by atoms with van der Waals surface area (Å²) in [6, 6.07) is 14.5. The van der Waals surface area contributed by atoms with Crippen LogP contribution in [-0.2, 0) is 9.59 Å². The smallest absolute Gasteiger partial charge is 0.254 e. The molecule has 0 heterocycles. The van der Waals surface area contributed by atoms with Gasteiger partial charge >= 0.3 is 0 Å². The minimum atomic E-state index is -0.380. The van der Waals surface area contributed by atoms with E-state index in [0.717, 1.165) is 11.1 Å². The summed E-state index contributed by atoms with van der Waals surface area (Å²) >= 11 is 0. The van der Waals surface area contributed by atoms with Gasteiger partial charge in [-0.15, -0.1) is 0 Å². The molecule has 2 rings (SSSR count). The second-order valence-corrected chi connectivity index (χ2v) is 7.03. The Morgan fingerprint density at radius 3 is 2.18 bits per heavy atom. The van der Waals surface area contributed by atoms with Crippen molar-refractivity contribution in [3.63, 3.8) is 0 Å². The predicted molar refractivity (Wildman–Crippen MR) is 110 cm³/mol. The van der Waals surface area contributed by atoms with E-state index < -0.39 is 0 Å². The van der Waals surface area contributed by atoms with Crippen LogP contribution >= 0.6 is 0 Å². The van der Waals surface area contributed by atoms with E-state index in [-0.39, 0.29) is 36.9 Å². The van der Waals surface area contributed by atoms with Crippen LogP contribution < -0.4 is 10.6 Å². The van der Waals surface area contributed by atoms with Crippen LogP contribution in [0.5, 0.6) is 0 Å². The molecule has 0 unspecified atom stereocenters. The van der Waals surface area contributed by atoms with Crippen molar-refractivity contribution < 1.29 is 14.4 Å². The van der Waals surface area contributed by atoms with E-state index in [0.29, 0.717) is 11.3 Å². The van der Waals surface area contributed by atoms with Gasteiger partial charge in [0.15, 0.2) is 0 Å².